The van der Waals surface area contributed by atoms with Crippen LogP contribution in [0.2, 0.25) is 0 Å². The van der Waals surface area contributed by atoms with Crippen LogP contribution in [0, 0.1) is 14.9 Å². The van der Waals surface area contributed by atoms with Crippen molar-refractivity contribution < 1.29 is 9.90 Å². The zero-order chi connectivity index (χ0) is 10.0. The standard InChI is InChI=1S/C9H6INO2/c1-5(12)7-2-6(4-11)9(13)3-8(7)10/h2-3,13H,1H3. The number of halogens is 1. The smallest absolute Gasteiger partial charge is 0.160 e. The summed E-state index contributed by atoms with van der Waals surface area (Å²) in [6.45, 7) is 1.43. The van der Waals surface area contributed by atoms with Crippen molar-refractivity contribution in [1.29, 1.82) is 5.26 Å². The first kappa shape index (κ1) is 9.99. The van der Waals surface area contributed by atoms with Crippen molar-refractivity contribution in [3.63, 3.8) is 0 Å². The number of nitriles is 1. The highest BCUT2D eigenvalue weighted by atomic mass is 127. The van der Waals surface area contributed by atoms with Gasteiger partial charge in [-0.3, -0.25) is 4.79 Å². The van der Waals surface area contributed by atoms with Gasteiger partial charge in [0.1, 0.15) is 11.8 Å². The minimum Gasteiger partial charge on any atom is -0.507 e. The molecule has 0 heterocycles. The number of nitrogens with zero attached hydrogens (tertiary/aromatic N) is 1. The van der Waals surface area contributed by atoms with Crippen molar-refractivity contribution in [1.82, 2.24) is 0 Å². The molecule has 3 nitrogen and oxygen atoms in total. The third kappa shape index (κ3) is 1.98. The van der Waals surface area contributed by atoms with Crippen molar-refractivity contribution in [2.24, 2.45) is 0 Å². The van der Waals surface area contributed by atoms with Crippen LogP contribution in [0.1, 0.15) is 22.8 Å². The normalized spacial score (nSPS) is 9.31. The molecule has 0 aliphatic rings. The summed E-state index contributed by atoms with van der Waals surface area (Å²) in [5.41, 5.74) is 0.598. The molecule has 0 radical (unpaired) electrons. The molecule has 0 atom stereocenters. The quantitative estimate of drug-likeness (QED) is 0.635. The lowest BCUT2D eigenvalue weighted by molar-refractivity contribution is 0.101. The number of aromatic hydroxyl groups is 1. The number of phenols is 1. The molecule has 1 rings (SSSR count). The number of phenolic OH excluding ortho intramolecular Hbond substituents is 1. The second-order valence-corrected chi connectivity index (χ2v) is 3.68. The summed E-state index contributed by atoms with van der Waals surface area (Å²) < 4.78 is 0.654. The molecule has 13 heavy (non-hydrogen) atoms. The van der Waals surface area contributed by atoms with Crippen molar-refractivity contribution in [2.45, 2.75) is 6.92 Å². The third-order valence-electron chi connectivity index (χ3n) is 1.59. The van der Waals surface area contributed by atoms with Crippen LogP contribution in [0.4, 0.5) is 0 Å². The van der Waals surface area contributed by atoms with Crippen LogP contribution in [0.25, 0.3) is 0 Å². The monoisotopic (exact) mass is 287 g/mol. The zero-order valence-electron chi connectivity index (χ0n) is 6.84. The Hall–Kier alpha value is -1.09. The van der Waals surface area contributed by atoms with E-state index in [1.807, 2.05) is 28.7 Å². The average molecular weight is 287 g/mol. The minimum atomic E-state index is -0.110. The van der Waals surface area contributed by atoms with Gasteiger partial charge >= 0.3 is 0 Å². The van der Waals surface area contributed by atoms with E-state index in [2.05, 4.69) is 0 Å². The van der Waals surface area contributed by atoms with Crippen molar-refractivity contribution in [3.8, 4) is 11.8 Å². The maximum atomic E-state index is 11.0. The summed E-state index contributed by atoms with van der Waals surface area (Å²) >= 11 is 1.94. The van der Waals surface area contributed by atoms with Gasteiger partial charge in [0.05, 0.1) is 5.56 Å². The number of hydrogen-bond acceptors (Lipinski definition) is 3. The fourth-order valence-electron chi connectivity index (χ4n) is 0.922. The Bertz CT molecular complexity index is 407. The number of ketones is 1. The molecule has 1 aromatic rings. The summed E-state index contributed by atoms with van der Waals surface area (Å²) in [7, 11) is 0. The largest absolute Gasteiger partial charge is 0.507 e. The zero-order valence-corrected chi connectivity index (χ0v) is 8.99. The Morgan fingerprint density at radius 1 is 1.62 bits per heavy atom. The van der Waals surface area contributed by atoms with Gasteiger partial charge in [-0.25, -0.2) is 0 Å². The molecular formula is C9H6INO2. The molecule has 0 aliphatic heterocycles. The van der Waals surface area contributed by atoms with Gasteiger partial charge in [-0.05, 0) is 41.6 Å². The fourth-order valence-corrected chi connectivity index (χ4v) is 1.75. The van der Waals surface area contributed by atoms with Gasteiger partial charge in [-0.2, -0.15) is 5.26 Å². The summed E-state index contributed by atoms with van der Waals surface area (Å²) in [5, 5.41) is 17.9. The molecule has 0 fully saturated rings. The van der Waals surface area contributed by atoms with E-state index in [9.17, 15) is 9.90 Å². The van der Waals surface area contributed by atoms with E-state index in [1.54, 1.807) is 0 Å². The average Bonchev–Trinajstić information content (AvgIpc) is 2.03. The molecule has 1 aromatic carbocycles. The van der Waals surface area contributed by atoms with E-state index in [4.69, 9.17) is 5.26 Å². The lowest BCUT2D eigenvalue weighted by atomic mass is 10.1. The van der Waals surface area contributed by atoms with E-state index in [-0.39, 0.29) is 17.1 Å². The fraction of sp³-hybridized carbons (Fsp3) is 0.111. The van der Waals surface area contributed by atoms with Crippen LogP contribution in [-0.4, -0.2) is 10.9 Å². The molecule has 66 valence electrons. The highest BCUT2D eigenvalue weighted by molar-refractivity contribution is 14.1. The van der Waals surface area contributed by atoms with Crippen LogP contribution in [-0.2, 0) is 0 Å². The van der Waals surface area contributed by atoms with Crippen LogP contribution < -0.4 is 0 Å². The molecule has 1 N–H and O–H groups in total. The summed E-state index contributed by atoms with van der Waals surface area (Å²) in [6.07, 6.45) is 0. The molecule has 0 saturated carbocycles. The molecule has 0 spiro atoms. The number of carbonyl (C=O) groups excluding carboxylic acids is 1. The van der Waals surface area contributed by atoms with Gasteiger partial charge < -0.3 is 5.11 Å². The Morgan fingerprint density at radius 3 is 2.69 bits per heavy atom. The second-order valence-electron chi connectivity index (χ2n) is 2.52. The van der Waals surface area contributed by atoms with E-state index in [0.717, 1.165) is 0 Å². The topological polar surface area (TPSA) is 61.1 Å². The number of carbonyl (C=O) groups is 1. The maximum Gasteiger partial charge on any atom is 0.160 e. The molecule has 0 saturated heterocycles. The Kier molecular flexibility index (Phi) is 2.88. The summed E-state index contributed by atoms with van der Waals surface area (Å²) in [5.74, 6) is -0.196. The molecular weight excluding hydrogens is 281 g/mol. The van der Waals surface area contributed by atoms with E-state index < -0.39 is 0 Å². The first-order valence-electron chi connectivity index (χ1n) is 3.50. The number of benzene rings is 1. The van der Waals surface area contributed by atoms with E-state index >= 15 is 0 Å². The first-order chi connectivity index (χ1) is 6.06. The Balaban J connectivity index is 3.41. The summed E-state index contributed by atoms with van der Waals surface area (Å²) in [6, 6.07) is 4.63. The highest BCUT2D eigenvalue weighted by Gasteiger charge is 2.09. The van der Waals surface area contributed by atoms with Crippen LogP contribution in [0.5, 0.6) is 5.75 Å². The summed E-state index contributed by atoms with van der Waals surface area (Å²) in [4.78, 5) is 11.0. The molecule has 0 bridgehead atoms. The molecule has 0 aliphatic carbocycles. The molecule has 0 amide bonds. The highest BCUT2D eigenvalue weighted by Crippen LogP contribution is 2.23. The van der Waals surface area contributed by atoms with Crippen molar-refractivity contribution in [2.75, 3.05) is 0 Å². The van der Waals surface area contributed by atoms with Gasteiger partial charge in [0.25, 0.3) is 0 Å². The third-order valence-corrected chi connectivity index (χ3v) is 2.48. The molecule has 0 unspecified atom stereocenters. The van der Waals surface area contributed by atoms with Gasteiger partial charge in [-0.1, -0.05) is 0 Å². The predicted molar refractivity (Wildman–Crippen MR) is 55.5 cm³/mol. The van der Waals surface area contributed by atoms with Gasteiger partial charge in [-0.15, -0.1) is 0 Å². The van der Waals surface area contributed by atoms with Crippen LogP contribution in [0.15, 0.2) is 12.1 Å². The predicted octanol–water partition coefficient (Wildman–Crippen LogP) is 2.07. The van der Waals surface area contributed by atoms with E-state index in [0.29, 0.717) is 9.13 Å². The lowest BCUT2D eigenvalue weighted by Crippen LogP contribution is -1.96. The van der Waals surface area contributed by atoms with Crippen molar-refractivity contribution in [3.05, 3.63) is 26.8 Å². The van der Waals surface area contributed by atoms with Crippen LogP contribution >= 0.6 is 22.6 Å². The van der Waals surface area contributed by atoms with E-state index in [1.165, 1.54) is 19.1 Å². The Morgan fingerprint density at radius 2 is 2.23 bits per heavy atom. The van der Waals surface area contributed by atoms with Crippen LogP contribution in [0.3, 0.4) is 0 Å². The lowest BCUT2D eigenvalue weighted by Gasteiger charge is -2.02. The number of rotatable bonds is 1. The molecule has 0 aromatic heterocycles. The number of hydrogen-bond donors (Lipinski definition) is 1. The number of Topliss-reactive ketones (excluding diaryl/α,β-unsaturated/α-hetero) is 1. The Labute approximate surface area is 89.1 Å². The maximum absolute atomic E-state index is 11.0. The van der Waals surface area contributed by atoms with Crippen molar-refractivity contribution >= 4 is 28.4 Å². The minimum absolute atomic E-state index is 0.0862. The van der Waals surface area contributed by atoms with Gasteiger partial charge in [0, 0.05) is 9.13 Å². The van der Waals surface area contributed by atoms with Gasteiger partial charge in [0.15, 0.2) is 5.78 Å². The second kappa shape index (κ2) is 3.75. The first-order valence-corrected chi connectivity index (χ1v) is 4.57. The van der Waals surface area contributed by atoms with Gasteiger partial charge in [0.2, 0.25) is 0 Å². The SMILES string of the molecule is CC(=O)c1cc(C#N)c(O)cc1I. The molecule has 4 heteroatoms.